The average Bonchev–Trinajstić information content (AvgIpc) is 3.15. The lowest BCUT2D eigenvalue weighted by Crippen LogP contribution is -2.51. The van der Waals surface area contributed by atoms with Crippen LogP contribution in [0.5, 0.6) is 0 Å². The number of aromatic nitrogens is 1. The van der Waals surface area contributed by atoms with Crippen molar-refractivity contribution in [2.24, 2.45) is 0 Å². The van der Waals surface area contributed by atoms with E-state index in [1.54, 1.807) is 6.07 Å². The van der Waals surface area contributed by atoms with Crippen molar-refractivity contribution >= 4 is 15.7 Å². The van der Waals surface area contributed by atoms with Crippen LogP contribution in [0.25, 0.3) is 0 Å². The Balaban J connectivity index is 1.97. The summed E-state index contributed by atoms with van der Waals surface area (Å²) in [6.45, 7) is 1.45. The molecule has 1 fully saturated rings. The smallest absolute Gasteiger partial charge is 0.264 e. The van der Waals surface area contributed by atoms with E-state index in [2.05, 4.69) is 22.5 Å². The van der Waals surface area contributed by atoms with Crippen LogP contribution >= 0.6 is 0 Å². The standard InChI is InChI=1S/C19H27FN2O6S/c1-19(29(2,24)25,18(23)22-28-17-9-5-7-13-26-17)11-10-15-14-16(27-21-15)8-4-3-6-12-20/h14,17H,3,5-7,9-13H2,1-2H3,(H,22,23). The molecule has 1 amide bonds. The van der Waals surface area contributed by atoms with Gasteiger partial charge < -0.3 is 9.26 Å². The van der Waals surface area contributed by atoms with Crippen LogP contribution in [0.15, 0.2) is 10.6 Å². The molecule has 8 nitrogen and oxygen atoms in total. The SMILES string of the molecule is CC(CCc1cc(C#CCCCF)on1)(C(=O)NOC1CCCCO1)S(C)(=O)=O. The molecule has 1 aromatic rings. The fourth-order valence-electron chi connectivity index (χ4n) is 2.66. The van der Waals surface area contributed by atoms with E-state index in [4.69, 9.17) is 14.1 Å². The number of hydrogen-bond acceptors (Lipinski definition) is 7. The number of hydrogen-bond donors (Lipinski definition) is 1. The number of aryl methyl sites for hydroxylation is 1. The lowest BCUT2D eigenvalue weighted by atomic mass is 10.0. The monoisotopic (exact) mass is 430 g/mol. The minimum Gasteiger partial charge on any atom is -0.350 e. The number of nitrogens with one attached hydrogen (secondary N) is 1. The van der Waals surface area contributed by atoms with Crippen LogP contribution in [-0.2, 0) is 30.6 Å². The summed E-state index contributed by atoms with van der Waals surface area (Å²) in [6, 6.07) is 1.58. The predicted molar refractivity (Wildman–Crippen MR) is 103 cm³/mol. The molecule has 2 unspecified atom stereocenters. The first-order chi connectivity index (χ1) is 13.8. The number of ether oxygens (including phenoxy) is 1. The molecule has 0 saturated carbocycles. The van der Waals surface area contributed by atoms with E-state index >= 15 is 0 Å². The number of unbranched alkanes of at least 4 members (excludes halogenated alkanes) is 1. The molecule has 0 radical (unpaired) electrons. The zero-order valence-corrected chi connectivity index (χ0v) is 17.5. The maximum absolute atomic E-state index is 12.6. The Kier molecular flexibility index (Phi) is 8.61. The van der Waals surface area contributed by atoms with Gasteiger partial charge in [-0.2, -0.15) is 0 Å². The van der Waals surface area contributed by atoms with Crippen molar-refractivity contribution in [3.05, 3.63) is 17.5 Å². The van der Waals surface area contributed by atoms with Crippen molar-refractivity contribution in [3.8, 4) is 11.8 Å². The van der Waals surface area contributed by atoms with Crippen molar-refractivity contribution in [1.29, 1.82) is 0 Å². The topological polar surface area (TPSA) is 108 Å². The summed E-state index contributed by atoms with van der Waals surface area (Å²) in [5.41, 5.74) is 2.71. The number of sulfone groups is 1. The fraction of sp³-hybridized carbons (Fsp3) is 0.684. The largest absolute Gasteiger partial charge is 0.350 e. The van der Waals surface area contributed by atoms with Gasteiger partial charge in [-0.1, -0.05) is 11.1 Å². The normalized spacial score (nSPS) is 19.1. The number of rotatable bonds is 9. The van der Waals surface area contributed by atoms with Gasteiger partial charge >= 0.3 is 0 Å². The lowest BCUT2D eigenvalue weighted by molar-refractivity contribution is -0.201. The van der Waals surface area contributed by atoms with E-state index in [9.17, 15) is 17.6 Å². The fourth-order valence-corrected chi connectivity index (χ4v) is 3.51. The molecule has 0 aromatic carbocycles. The minimum atomic E-state index is -3.76. The Hall–Kier alpha value is -1.96. The van der Waals surface area contributed by atoms with E-state index < -0.39 is 33.5 Å². The summed E-state index contributed by atoms with van der Waals surface area (Å²) in [4.78, 5) is 17.9. The van der Waals surface area contributed by atoms with Gasteiger partial charge in [0.05, 0.1) is 12.4 Å². The van der Waals surface area contributed by atoms with Crippen molar-refractivity contribution in [3.63, 3.8) is 0 Å². The van der Waals surface area contributed by atoms with E-state index in [1.807, 2.05) is 0 Å². The van der Waals surface area contributed by atoms with Gasteiger partial charge in [-0.15, -0.1) is 0 Å². The van der Waals surface area contributed by atoms with Crippen LogP contribution in [0.2, 0.25) is 0 Å². The van der Waals surface area contributed by atoms with Gasteiger partial charge in [-0.3, -0.25) is 9.18 Å². The van der Waals surface area contributed by atoms with E-state index in [1.165, 1.54) is 6.92 Å². The summed E-state index contributed by atoms with van der Waals surface area (Å²) in [6.07, 6.45) is 3.82. The van der Waals surface area contributed by atoms with Crippen LogP contribution in [-0.4, -0.2) is 50.1 Å². The summed E-state index contributed by atoms with van der Waals surface area (Å²) in [5, 5.41) is 3.85. The highest BCUT2D eigenvalue weighted by molar-refractivity contribution is 7.92. The number of alkyl halides is 1. The number of amides is 1. The number of hydroxylamine groups is 1. The van der Waals surface area contributed by atoms with Crippen LogP contribution in [0.1, 0.15) is 56.9 Å². The third-order valence-corrected chi connectivity index (χ3v) is 6.81. The Labute approximate surface area is 170 Å². The molecule has 1 saturated heterocycles. The molecule has 1 N–H and O–H groups in total. The molecule has 2 heterocycles. The molecule has 1 aromatic heterocycles. The Morgan fingerprint density at radius 2 is 2.28 bits per heavy atom. The number of carbonyl (C=O) groups is 1. The Morgan fingerprint density at radius 3 is 2.93 bits per heavy atom. The molecule has 0 bridgehead atoms. The van der Waals surface area contributed by atoms with Gasteiger partial charge in [0.15, 0.2) is 16.1 Å². The maximum Gasteiger partial charge on any atom is 0.264 e. The summed E-state index contributed by atoms with van der Waals surface area (Å²) in [7, 11) is -3.76. The first-order valence-corrected chi connectivity index (χ1v) is 11.4. The van der Waals surface area contributed by atoms with E-state index in [-0.39, 0.29) is 12.8 Å². The second-order valence-corrected chi connectivity index (χ2v) is 9.57. The molecular formula is C19H27FN2O6S. The van der Waals surface area contributed by atoms with Crippen LogP contribution in [0.4, 0.5) is 4.39 Å². The highest BCUT2D eigenvalue weighted by atomic mass is 32.2. The van der Waals surface area contributed by atoms with Crippen LogP contribution in [0, 0.1) is 11.8 Å². The third-order valence-electron chi connectivity index (χ3n) is 4.78. The van der Waals surface area contributed by atoms with Gasteiger partial charge in [0.2, 0.25) is 5.76 Å². The van der Waals surface area contributed by atoms with Crippen LogP contribution in [0.3, 0.4) is 0 Å². The second kappa shape index (κ2) is 10.7. The van der Waals surface area contributed by atoms with Crippen molar-refractivity contribution < 1.29 is 31.7 Å². The minimum absolute atomic E-state index is 0.0200. The molecule has 0 aliphatic carbocycles. The first kappa shape index (κ1) is 23.3. The summed E-state index contributed by atoms with van der Waals surface area (Å²) >= 11 is 0. The lowest BCUT2D eigenvalue weighted by Gasteiger charge is -2.28. The van der Waals surface area contributed by atoms with Crippen molar-refractivity contribution in [1.82, 2.24) is 10.6 Å². The zero-order valence-electron chi connectivity index (χ0n) is 16.7. The number of nitrogens with zero attached hydrogens (tertiary/aromatic N) is 1. The highest BCUT2D eigenvalue weighted by Crippen LogP contribution is 2.24. The van der Waals surface area contributed by atoms with Gasteiger partial charge in [-0.05, 0) is 44.9 Å². The van der Waals surface area contributed by atoms with Crippen molar-refractivity contribution in [2.75, 3.05) is 19.5 Å². The van der Waals surface area contributed by atoms with E-state index in [0.29, 0.717) is 37.3 Å². The predicted octanol–water partition coefficient (Wildman–Crippen LogP) is 2.09. The number of carbonyl (C=O) groups excluding carboxylic acids is 1. The quantitative estimate of drug-likeness (QED) is 0.363. The highest BCUT2D eigenvalue weighted by Gasteiger charge is 2.44. The molecule has 1 aliphatic rings. The summed E-state index contributed by atoms with van der Waals surface area (Å²) in [5.74, 6) is 5.04. The number of halogens is 1. The van der Waals surface area contributed by atoms with Crippen LogP contribution < -0.4 is 5.48 Å². The Bertz CT molecular complexity index is 838. The van der Waals surface area contributed by atoms with Gasteiger partial charge in [0, 0.05) is 31.8 Å². The Morgan fingerprint density at radius 1 is 1.48 bits per heavy atom. The average molecular weight is 430 g/mol. The zero-order chi connectivity index (χ0) is 21.3. The van der Waals surface area contributed by atoms with Gasteiger partial charge in [-0.25, -0.2) is 18.7 Å². The molecular weight excluding hydrogens is 403 g/mol. The molecule has 29 heavy (non-hydrogen) atoms. The molecule has 10 heteroatoms. The third kappa shape index (κ3) is 6.80. The van der Waals surface area contributed by atoms with Gasteiger partial charge in [0.25, 0.3) is 5.91 Å². The first-order valence-electron chi connectivity index (χ1n) is 9.54. The molecule has 2 rings (SSSR count). The molecule has 162 valence electrons. The van der Waals surface area contributed by atoms with E-state index in [0.717, 1.165) is 19.1 Å². The van der Waals surface area contributed by atoms with Gasteiger partial charge in [0.1, 0.15) is 4.75 Å². The van der Waals surface area contributed by atoms with Crippen molar-refractivity contribution in [2.45, 2.75) is 62.9 Å². The molecule has 1 aliphatic heterocycles. The second-order valence-electron chi connectivity index (χ2n) is 7.13. The molecule has 0 spiro atoms. The maximum atomic E-state index is 12.6. The molecule has 2 atom stereocenters. The summed E-state index contributed by atoms with van der Waals surface area (Å²) < 4.78 is 45.4.